The molecule has 0 aromatic heterocycles. The van der Waals surface area contributed by atoms with Gasteiger partial charge < -0.3 is 4.72 Å². The number of hydrogen-bond acceptors (Lipinski definition) is 2. The van der Waals surface area contributed by atoms with Crippen LogP contribution >= 0.6 is 11.9 Å². The lowest BCUT2D eigenvalue weighted by Crippen LogP contribution is -2.05. The third kappa shape index (κ3) is 6.10. The van der Waals surface area contributed by atoms with Crippen LogP contribution in [0.3, 0.4) is 0 Å². The maximum atomic E-state index is 3.80. The van der Waals surface area contributed by atoms with Crippen LogP contribution in [0.15, 0.2) is 36.6 Å². The van der Waals surface area contributed by atoms with Gasteiger partial charge in [-0.15, -0.1) is 0 Å². The minimum Gasteiger partial charge on any atom is -0.330 e. The molecule has 0 bridgehead atoms. The molecule has 0 aliphatic carbocycles. The molecule has 0 saturated heterocycles. The van der Waals surface area contributed by atoms with E-state index < -0.39 is 0 Å². The summed E-state index contributed by atoms with van der Waals surface area (Å²) in [4.78, 5) is 0. The predicted molar refractivity (Wildman–Crippen MR) is 59.0 cm³/mol. The third-order valence-electron chi connectivity index (χ3n) is 1.03. The second-order valence-corrected chi connectivity index (χ2v) is 4.30. The highest BCUT2D eigenvalue weighted by molar-refractivity contribution is 7.98. The molecule has 0 aliphatic rings. The van der Waals surface area contributed by atoms with E-state index >= 15 is 0 Å². The molecule has 0 heterocycles. The van der Waals surface area contributed by atoms with E-state index in [1.807, 2.05) is 13.0 Å². The molecule has 0 aliphatic heterocycles. The molecule has 0 saturated carbocycles. The van der Waals surface area contributed by atoms with Gasteiger partial charge in [0.25, 0.3) is 0 Å². The molecule has 0 unspecified atom stereocenters. The average molecular weight is 183 g/mol. The van der Waals surface area contributed by atoms with Crippen LogP contribution in [0.2, 0.25) is 0 Å². The average Bonchev–Trinajstić information content (AvgIpc) is 1.97. The molecule has 0 rings (SSSR count). The summed E-state index contributed by atoms with van der Waals surface area (Å²) in [5.74, 6) is 0. The summed E-state index contributed by atoms with van der Waals surface area (Å²) in [5.41, 5.74) is 2.04. The van der Waals surface area contributed by atoms with Crippen LogP contribution in [0.25, 0.3) is 0 Å². The number of hydrogen-bond donors (Lipinski definition) is 1. The molecule has 0 spiro atoms. The standard InChI is InChI=1S/C10H17NS/c1-6-10(7-8(2)3)11-12-9(4)5/h6-7,9,11H,1-2H2,3-5H3/b10-7+. The lowest BCUT2D eigenvalue weighted by Gasteiger charge is -2.08. The molecule has 0 radical (unpaired) electrons. The Morgan fingerprint density at radius 2 is 2.08 bits per heavy atom. The van der Waals surface area contributed by atoms with Gasteiger partial charge >= 0.3 is 0 Å². The SMILES string of the molecule is C=C/C(=C\C(=C)C)NSC(C)C. The maximum absolute atomic E-state index is 3.80. The summed E-state index contributed by atoms with van der Waals surface area (Å²) >= 11 is 1.68. The van der Waals surface area contributed by atoms with Crippen LogP contribution in [0, 0.1) is 0 Å². The lowest BCUT2D eigenvalue weighted by atomic mass is 10.3. The number of rotatable bonds is 5. The molecular formula is C10H17NS. The Labute approximate surface area is 79.8 Å². The van der Waals surface area contributed by atoms with Crippen molar-refractivity contribution in [2.24, 2.45) is 0 Å². The molecule has 0 amide bonds. The monoisotopic (exact) mass is 183 g/mol. The van der Waals surface area contributed by atoms with Crippen molar-refractivity contribution in [3.63, 3.8) is 0 Å². The topological polar surface area (TPSA) is 12.0 Å². The van der Waals surface area contributed by atoms with Gasteiger partial charge in [-0.3, -0.25) is 0 Å². The van der Waals surface area contributed by atoms with E-state index in [-0.39, 0.29) is 0 Å². The molecule has 0 atom stereocenters. The predicted octanol–water partition coefficient (Wildman–Crippen LogP) is 3.28. The summed E-state index contributed by atoms with van der Waals surface area (Å²) < 4.78 is 3.20. The summed E-state index contributed by atoms with van der Waals surface area (Å²) in [5, 5.41) is 0.568. The van der Waals surface area contributed by atoms with Gasteiger partial charge in [-0.2, -0.15) is 0 Å². The van der Waals surface area contributed by atoms with E-state index in [1.54, 1.807) is 18.0 Å². The van der Waals surface area contributed by atoms with Crippen molar-refractivity contribution in [3.05, 3.63) is 36.6 Å². The molecule has 1 nitrogen and oxygen atoms in total. The smallest absolute Gasteiger partial charge is 0.0436 e. The lowest BCUT2D eigenvalue weighted by molar-refractivity contribution is 1.09. The Hall–Kier alpha value is -0.630. The molecule has 0 fully saturated rings. The van der Waals surface area contributed by atoms with Gasteiger partial charge in [0.15, 0.2) is 0 Å². The fourth-order valence-electron chi connectivity index (χ4n) is 0.581. The van der Waals surface area contributed by atoms with Crippen molar-refractivity contribution >= 4 is 11.9 Å². The van der Waals surface area contributed by atoms with Crippen LogP contribution in [0.1, 0.15) is 20.8 Å². The van der Waals surface area contributed by atoms with E-state index in [1.165, 1.54) is 0 Å². The molecule has 1 N–H and O–H groups in total. The van der Waals surface area contributed by atoms with Crippen LogP contribution in [0.5, 0.6) is 0 Å². The Kier molecular flexibility index (Phi) is 5.64. The largest absolute Gasteiger partial charge is 0.330 e. The quantitative estimate of drug-likeness (QED) is 0.518. The van der Waals surface area contributed by atoms with E-state index in [9.17, 15) is 0 Å². The first-order valence-corrected chi connectivity index (χ1v) is 4.85. The highest BCUT2D eigenvalue weighted by atomic mass is 32.2. The fraction of sp³-hybridized carbons (Fsp3) is 0.400. The summed E-state index contributed by atoms with van der Waals surface area (Å²) in [7, 11) is 0. The Morgan fingerprint density at radius 3 is 2.42 bits per heavy atom. The first-order chi connectivity index (χ1) is 5.56. The molecule has 68 valence electrons. The zero-order valence-electron chi connectivity index (χ0n) is 8.05. The zero-order valence-corrected chi connectivity index (χ0v) is 8.87. The van der Waals surface area contributed by atoms with Gasteiger partial charge in [0.05, 0.1) is 0 Å². The number of nitrogens with one attached hydrogen (secondary N) is 1. The Morgan fingerprint density at radius 1 is 1.50 bits per heavy atom. The van der Waals surface area contributed by atoms with E-state index in [0.29, 0.717) is 5.25 Å². The summed E-state index contributed by atoms with van der Waals surface area (Å²) in [6.45, 7) is 13.7. The second kappa shape index (κ2) is 5.95. The second-order valence-electron chi connectivity index (χ2n) is 2.92. The first kappa shape index (κ1) is 11.4. The van der Waals surface area contributed by atoms with Gasteiger partial charge in [0.1, 0.15) is 0 Å². The molecule has 12 heavy (non-hydrogen) atoms. The van der Waals surface area contributed by atoms with Crippen molar-refractivity contribution in [3.8, 4) is 0 Å². The summed E-state index contributed by atoms with van der Waals surface area (Å²) in [6.07, 6.45) is 3.77. The number of allylic oxidation sites excluding steroid dienone is 3. The third-order valence-corrected chi connectivity index (χ3v) is 1.86. The van der Waals surface area contributed by atoms with Crippen molar-refractivity contribution in [1.82, 2.24) is 4.72 Å². The van der Waals surface area contributed by atoms with Crippen molar-refractivity contribution in [2.75, 3.05) is 0 Å². The van der Waals surface area contributed by atoms with Gasteiger partial charge in [-0.25, -0.2) is 0 Å². The van der Waals surface area contributed by atoms with Gasteiger partial charge in [-0.1, -0.05) is 32.6 Å². The normalized spacial score (nSPS) is 11.5. The van der Waals surface area contributed by atoms with Gasteiger partial charge in [-0.05, 0) is 31.0 Å². The van der Waals surface area contributed by atoms with Gasteiger partial charge in [0.2, 0.25) is 0 Å². The molecule has 0 aromatic carbocycles. The maximum Gasteiger partial charge on any atom is 0.0436 e. The fourth-order valence-corrected chi connectivity index (χ4v) is 1.10. The van der Waals surface area contributed by atoms with E-state index in [2.05, 4.69) is 31.7 Å². The van der Waals surface area contributed by atoms with E-state index in [0.717, 1.165) is 11.3 Å². The van der Waals surface area contributed by atoms with Crippen molar-refractivity contribution < 1.29 is 0 Å². The van der Waals surface area contributed by atoms with Crippen LogP contribution in [0.4, 0.5) is 0 Å². The van der Waals surface area contributed by atoms with E-state index in [4.69, 9.17) is 0 Å². The molecule has 2 heteroatoms. The Bertz CT molecular complexity index is 192. The van der Waals surface area contributed by atoms with Crippen molar-refractivity contribution in [1.29, 1.82) is 0 Å². The first-order valence-electron chi connectivity index (χ1n) is 3.97. The molecule has 0 aromatic rings. The van der Waals surface area contributed by atoms with Crippen LogP contribution in [-0.4, -0.2) is 5.25 Å². The molecular weight excluding hydrogens is 166 g/mol. The van der Waals surface area contributed by atoms with Crippen molar-refractivity contribution in [2.45, 2.75) is 26.0 Å². The van der Waals surface area contributed by atoms with Crippen LogP contribution in [-0.2, 0) is 0 Å². The Balaban J connectivity index is 4.00. The minimum atomic E-state index is 0.568. The zero-order chi connectivity index (χ0) is 9.56. The van der Waals surface area contributed by atoms with Crippen LogP contribution < -0.4 is 4.72 Å². The van der Waals surface area contributed by atoms with Gasteiger partial charge in [0, 0.05) is 10.9 Å². The highest BCUT2D eigenvalue weighted by Gasteiger charge is 1.94. The summed E-state index contributed by atoms with van der Waals surface area (Å²) in [6, 6.07) is 0. The minimum absolute atomic E-state index is 0.568. The highest BCUT2D eigenvalue weighted by Crippen LogP contribution is 2.08.